The predicted octanol–water partition coefficient (Wildman–Crippen LogP) is 4.17. The van der Waals surface area contributed by atoms with Crippen molar-refractivity contribution in [3.8, 4) is 10.9 Å². The summed E-state index contributed by atoms with van der Waals surface area (Å²) in [6.45, 7) is 2.29. The Labute approximate surface area is 176 Å². The van der Waals surface area contributed by atoms with Crippen LogP contribution in [0.15, 0.2) is 52.9 Å². The molecule has 152 valence electrons. The molecule has 30 heavy (non-hydrogen) atoms. The van der Waals surface area contributed by atoms with Gasteiger partial charge in [-0.05, 0) is 42.8 Å². The number of hydrogen-bond acceptors (Lipinski definition) is 6. The minimum Gasteiger partial charge on any atom is -0.460 e. The number of thiazole rings is 1. The second kappa shape index (κ2) is 6.72. The fourth-order valence-electron chi connectivity index (χ4n) is 4.63. The molecule has 0 aliphatic carbocycles. The largest absolute Gasteiger partial charge is 0.460 e. The molecule has 2 bridgehead atoms. The number of nitrogens with two attached hydrogens (primary N) is 1. The van der Waals surface area contributed by atoms with Crippen molar-refractivity contribution in [2.75, 3.05) is 13.1 Å². The summed E-state index contributed by atoms with van der Waals surface area (Å²) in [5.41, 5.74) is 7.24. The van der Waals surface area contributed by atoms with Crippen molar-refractivity contribution < 1.29 is 13.9 Å². The number of ether oxygens (including phenoxy) is 1. The van der Waals surface area contributed by atoms with Gasteiger partial charge in [0.25, 0.3) is 5.19 Å². The molecule has 0 radical (unpaired) electrons. The number of furan rings is 1. The number of hydrogen-bond donors (Lipinski definition) is 1. The molecule has 4 aromatic rings. The summed E-state index contributed by atoms with van der Waals surface area (Å²) >= 11 is 1.53. The van der Waals surface area contributed by atoms with E-state index in [1.165, 1.54) is 11.3 Å². The van der Waals surface area contributed by atoms with Gasteiger partial charge in [-0.25, -0.2) is 9.78 Å². The Morgan fingerprint density at radius 2 is 2.10 bits per heavy atom. The highest BCUT2D eigenvalue weighted by Gasteiger charge is 2.44. The highest BCUT2D eigenvalue weighted by Crippen LogP contribution is 2.35. The lowest BCUT2D eigenvalue weighted by atomic mass is 10.2. The molecule has 2 aliphatic heterocycles. The lowest BCUT2D eigenvalue weighted by Gasteiger charge is -2.32. The molecule has 0 saturated carbocycles. The number of rotatable bonds is 4. The van der Waals surface area contributed by atoms with Gasteiger partial charge in [0.15, 0.2) is 0 Å². The second-order valence-corrected chi connectivity index (χ2v) is 8.92. The minimum absolute atomic E-state index is 0.227. The Morgan fingerprint density at radius 1 is 1.20 bits per heavy atom. The Balaban J connectivity index is 1.19. The number of aromatic nitrogens is 1. The molecule has 4 heterocycles. The molecule has 8 heteroatoms. The zero-order valence-corrected chi connectivity index (χ0v) is 17.0. The summed E-state index contributed by atoms with van der Waals surface area (Å²) < 4.78 is 13.1. The maximum Gasteiger partial charge on any atom is 0.315 e. The summed E-state index contributed by atoms with van der Waals surface area (Å²) in [5.74, 6) is 1.66. The van der Waals surface area contributed by atoms with E-state index in [1.807, 2.05) is 42.5 Å². The highest BCUT2D eigenvalue weighted by molar-refractivity contribution is 7.20. The van der Waals surface area contributed by atoms with Crippen molar-refractivity contribution in [1.82, 2.24) is 14.8 Å². The van der Waals surface area contributed by atoms with Gasteiger partial charge < -0.3 is 19.8 Å². The zero-order valence-electron chi connectivity index (χ0n) is 16.2. The molecule has 2 unspecified atom stereocenters. The fraction of sp³-hybridized carbons (Fsp3) is 0.273. The number of urea groups is 1. The van der Waals surface area contributed by atoms with Gasteiger partial charge in [-0.2, -0.15) is 0 Å². The van der Waals surface area contributed by atoms with Crippen LogP contribution in [0.1, 0.15) is 12.2 Å². The van der Waals surface area contributed by atoms with Crippen LogP contribution in [0.2, 0.25) is 0 Å². The Morgan fingerprint density at radius 3 is 2.90 bits per heavy atom. The minimum atomic E-state index is -0.313. The normalized spacial score (nSPS) is 21.1. The van der Waals surface area contributed by atoms with Gasteiger partial charge in [0, 0.05) is 30.6 Å². The van der Waals surface area contributed by atoms with E-state index >= 15 is 0 Å². The molecular weight excluding hydrogens is 400 g/mol. The van der Waals surface area contributed by atoms with Crippen LogP contribution in [-0.4, -0.2) is 46.0 Å². The summed E-state index contributed by atoms with van der Waals surface area (Å²) in [6, 6.07) is 16.2. The number of primary amides is 1. The number of nitrogens with zero attached hydrogens (tertiary/aromatic N) is 3. The van der Waals surface area contributed by atoms with Gasteiger partial charge in [-0.15, -0.1) is 0 Å². The molecular formula is C22H20N4O3S. The molecule has 2 aromatic carbocycles. The van der Waals surface area contributed by atoms with Crippen LogP contribution in [-0.2, 0) is 6.54 Å². The van der Waals surface area contributed by atoms with Crippen LogP contribution < -0.4 is 10.5 Å². The number of carbonyl (C=O) groups is 1. The van der Waals surface area contributed by atoms with Gasteiger partial charge in [-0.3, -0.25) is 4.90 Å². The van der Waals surface area contributed by atoms with Crippen molar-refractivity contribution in [2.24, 2.45) is 5.73 Å². The topological polar surface area (TPSA) is 84.8 Å². The van der Waals surface area contributed by atoms with Gasteiger partial charge in [0.2, 0.25) is 0 Å². The van der Waals surface area contributed by atoms with Crippen molar-refractivity contribution in [1.29, 1.82) is 0 Å². The van der Waals surface area contributed by atoms with E-state index in [2.05, 4.69) is 16.0 Å². The van der Waals surface area contributed by atoms with Gasteiger partial charge in [0.05, 0.1) is 16.8 Å². The zero-order chi connectivity index (χ0) is 20.2. The first-order chi connectivity index (χ1) is 14.6. The second-order valence-electron chi connectivity index (χ2n) is 7.93. The molecule has 0 spiro atoms. The van der Waals surface area contributed by atoms with E-state index in [0.29, 0.717) is 17.8 Å². The van der Waals surface area contributed by atoms with Crippen LogP contribution in [0.5, 0.6) is 10.9 Å². The monoisotopic (exact) mass is 420 g/mol. The number of likely N-dealkylation sites (tertiary alicyclic amines) is 2. The smallest absolute Gasteiger partial charge is 0.315 e. The average molecular weight is 420 g/mol. The van der Waals surface area contributed by atoms with E-state index in [-0.39, 0.29) is 12.1 Å². The number of benzene rings is 2. The van der Waals surface area contributed by atoms with E-state index in [1.54, 1.807) is 4.90 Å². The number of fused-ring (bicyclic) bond motifs is 4. The molecule has 2 atom stereocenters. The van der Waals surface area contributed by atoms with Crippen LogP contribution in [0.4, 0.5) is 4.79 Å². The van der Waals surface area contributed by atoms with Crippen molar-refractivity contribution in [2.45, 2.75) is 25.0 Å². The van der Waals surface area contributed by atoms with Crippen molar-refractivity contribution in [3.05, 3.63) is 54.3 Å². The van der Waals surface area contributed by atoms with Crippen LogP contribution in [0, 0.1) is 0 Å². The molecule has 2 N–H and O–H groups in total. The van der Waals surface area contributed by atoms with Crippen LogP contribution in [0.25, 0.3) is 21.2 Å². The first-order valence-corrected chi connectivity index (χ1v) is 10.8. The molecule has 2 fully saturated rings. The Kier molecular flexibility index (Phi) is 3.97. The summed E-state index contributed by atoms with van der Waals surface area (Å²) in [4.78, 5) is 20.2. The Bertz CT molecular complexity index is 1230. The number of amides is 2. The lowest BCUT2D eigenvalue weighted by Crippen LogP contribution is -2.50. The van der Waals surface area contributed by atoms with Crippen LogP contribution >= 0.6 is 11.3 Å². The van der Waals surface area contributed by atoms with Gasteiger partial charge in [-0.1, -0.05) is 23.5 Å². The quantitative estimate of drug-likeness (QED) is 0.536. The molecule has 7 nitrogen and oxygen atoms in total. The Hall–Kier alpha value is -3.10. The molecule has 2 saturated heterocycles. The highest BCUT2D eigenvalue weighted by atomic mass is 32.1. The van der Waals surface area contributed by atoms with Gasteiger partial charge in [0.1, 0.15) is 17.1 Å². The molecule has 2 amide bonds. The summed E-state index contributed by atoms with van der Waals surface area (Å²) in [5, 5.41) is 1.64. The first kappa shape index (κ1) is 17.7. The maximum atomic E-state index is 11.5. The molecule has 6 rings (SSSR count). The number of para-hydroxylation sites is 1. The van der Waals surface area contributed by atoms with E-state index in [4.69, 9.17) is 14.9 Å². The van der Waals surface area contributed by atoms with Gasteiger partial charge >= 0.3 is 6.03 Å². The van der Waals surface area contributed by atoms with E-state index in [9.17, 15) is 4.79 Å². The maximum absolute atomic E-state index is 11.5. The SMILES string of the molecule is NC(=O)N1CC2CC1CN2Cc1cc2cc(Oc3nc4ccccc4s3)ccc2o1. The van der Waals surface area contributed by atoms with E-state index in [0.717, 1.165) is 52.2 Å². The predicted molar refractivity (Wildman–Crippen MR) is 115 cm³/mol. The summed E-state index contributed by atoms with van der Waals surface area (Å²) in [6.07, 6.45) is 0.989. The lowest BCUT2D eigenvalue weighted by molar-refractivity contribution is 0.132. The number of carbonyl (C=O) groups excluding carboxylic acids is 1. The first-order valence-electron chi connectivity index (χ1n) is 9.98. The fourth-order valence-corrected chi connectivity index (χ4v) is 5.46. The number of piperazine rings is 1. The third-order valence-electron chi connectivity index (χ3n) is 6.01. The van der Waals surface area contributed by atoms with Crippen molar-refractivity contribution >= 4 is 38.6 Å². The third kappa shape index (κ3) is 3.00. The van der Waals surface area contributed by atoms with Crippen molar-refractivity contribution in [3.63, 3.8) is 0 Å². The van der Waals surface area contributed by atoms with E-state index < -0.39 is 0 Å². The third-order valence-corrected chi connectivity index (χ3v) is 6.93. The summed E-state index contributed by atoms with van der Waals surface area (Å²) in [7, 11) is 0. The average Bonchev–Trinajstić information content (AvgIpc) is 3.49. The standard InChI is InChI=1S/C22H20N4O3S/c23-21(27)26-11-14-9-15(26)10-25(14)12-17-8-13-7-16(5-6-19(13)28-17)29-22-24-18-3-1-2-4-20(18)30-22/h1-8,14-15H,9-12H2,(H2,23,27). The molecule has 2 aromatic heterocycles. The molecule has 2 aliphatic rings. The van der Waals surface area contributed by atoms with Crippen LogP contribution in [0.3, 0.4) is 0 Å².